The van der Waals surface area contributed by atoms with Crippen LogP contribution in [0.1, 0.15) is 16.8 Å². The number of halogens is 2. The minimum atomic E-state index is -0.945. The first kappa shape index (κ1) is 22.7. The number of nitrogens with zero attached hydrogens (tertiary/aromatic N) is 3. The Hall–Kier alpha value is -3.07. The fraction of sp³-hybridized carbons (Fsp3) is 0.115. The van der Waals surface area contributed by atoms with Gasteiger partial charge in [-0.05, 0) is 74.6 Å². The first-order chi connectivity index (χ1) is 16.4. The quantitative estimate of drug-likeness (QED) is 0.268. The number of aromatic amines is 1. The van der Waals surface area contributed by atoms with Crippen LogP contribution in [0, 0.1) is 0 Å². The SMILES string of the molecule is COC(c1cccc(Br)c1)(c1ccc2c(c1)c(-c1ccnc(Br)c1)cc(=O)n2C)c1cnc[nH]1. The molecule has 5 rings (SSSR count). The second-order valence-electron chi connectivity index (χ2n) is 7.92. The largest absolute Gasteiger partial charge is 0.362 e. The van der Waals surface area contributed by atoms with Crippen LogP contribution < -0.4 is 5.56 Å². The van der Waals surface area contributed by atoms with E-state index in [1.165, 1.54) is 0 Å². The van der Waals surface area contributed by atoms with Crippen LogP contribution in [-0.4, -0.2) is 26.6 Å². The van der Waals surface area contributed by atoms with Gasteiger partial charge >= 0.3 is 0 Å². The molecule has 0 saturated carbocycles. The van der Waals surface area contributed by atoms with E-state index in [0.717, 1.165) is 43.3 Å². The van der Waals surface area contributed by atoms with Gasteiger partial charge in [-0.2, -0.15) is 0 Å². The molecule has 3 aromatic heterocycles. The Morgan fingerprint density at radius 3 is 2.56 bits per heavy atom. The molecule has 3 heterocycles. The van der Waals surface area contributed by atoms with Crippen LogP contribution >= 0.6 is 31.9 Å². The molecule has 0 radical (unpaired) electrons. The van der Waals surface area contributed by atoms with Gasteiger partial charge in [0.25, 0.3) is 5.56 Å². The summed E-state index contributed by atoms with van der Waals surface area (Å²) >= 11 is 7.04. The lowest BCUT2D eigenvalue weighted by atomic mass is 9.82. The van der Waals surface area contributed by atoms with Crippen LogP contribution in [0.2, 0.25) is 0 Å². The van der Waals surface area contributed by atoms with Gasteiger partial charge in [0.1, 0.15) is 4.60 Å². The van der Waals surface area contributed by atoms with Crippen LogP contribution in [0.25, 0.3) is 22.0 Å². The number of pyridine rings is 2. The molecule has 2 aromatic carbocycles. The molecule has 170 valence electrons. The number of hydrogen-bond acceptors (Lipinski definition) is 4. The van der Waals surface area contributed by atoms with Crippen molar-refractivity contribution < 1.29 is 4.74 Å². The highest BCUT2D eigenvalue weighted by atomic mass is 79.9. The van der Waals surface area contributed by atoms with Gasteiger partial charge in [-0.3, -0.25) is 4.79 Å². The Morgan fingerprint density at radius 2 is 1.85 bits per heavy atom. The molecule has 0 amide bonds. The Labute approximate surface area is 212 Å². The zero-order valence-corrected chi connectivity index (χ0v) is 21.6. The predicted molar refractivity (Wildman–Crippen MR) is 140 cm³/mol. The molecule has 0 saturated heterocycles. The van der Waals surface area contributed by atoms with Gasteiger partial charge in [0, 0.05) is 36.3 Å². The lowest BCUT2D eigenvalue weighted by Gasteiger charge is -2.33. The summed E-state index contributed by atoms with van der Waals surface area (Å²) in [6.07, 6.45) is 5.14. The predicted octanol–water partition coefficient (Wildman–Crippen LogP) is 5.79. The Bertz CT molecular complexity index is 1560. The second-order valence-corrected chi connectivity index (χ2v) is 9.64. The first-order valence-corrected chi connectivity index (χ1v) is 12.1. The lowest BCUT2D eigenvalue weighted by molar-refractivity contribution is 0.0552. The molecular formula is C26H20Br2N4O2. The van der Waals surface area contributed by atoms with E-state index in [9.17, 15) is 4.79 Å². The molecule has 6 nitrogen and oxygen atoms in total. The highest BCUT2D eigenvalue weighted by Crippen LogP contribution is 2.41. The average molecular weight is 580 g/mol. The molecule has 5 aromatic rings. The molecule has 0 fully saturated rings. The van der Waals surface area contributed by atoms with Crippen molar-refractivity contribution in [3.8, 4) is 11.1 Å². The zero-order chi connectivity index (χ0) is 23.9. The van der Waals surface area contributed by atoms with Crippen LogP contribution in [0.5, 0.6) is 0 Å². The number of aryl methyl sites for hydroxylation is 1. The minimum absolute atomic E-state index is 0.0817. The number of fused-ring (bicyclic) bond motifs is 1. The van der Waals surface area contributed by atoms with Crippen molar-refractivity contribution in [3.63, 3.8) is 0 Å². The van der Waals surface area contributed by atoms with Crippen molar-refractivity contribution >= 4 is 42.8 Å². The van der Waals surface area contributed by atoms with Crippen molar-refractivity contribution in [3.05, 3.63) is 116 Å². The van der Waals surface area contributed by atoms with E-state index < -0.39 is 5.60 Å². The van der Waals surface area contributed by atoms with Gasteiger partial charge in [-0.1, -0.05) is 34.1 Å². The van der Waals surface area contributed by atoms with Crippen LogP contribution in [-0.2, 0) is 17.4 Å². The number of imidazole rings is 1. The third-order valence-corrected chi connectivity index (χ3v) is 7.03. The fourth-order valence-electron chi connectivity index (χ4n) is 4.47. The van der Waals surface area contributed by atoms with E-state index in [-0.39, 0.29) is 5.56 Å². The van der Waals surface area contributed by atoms with E-state index in [0.29, 0.717) is 4.60 Å². The van der Waals surface area contributed by atoms with Crippen molar-refractivity contribution in [2.24, 2.45) is 7.05 Å². The summed E-state index contributed by atoms with van der Waals surface area (Å²) < 4.78 is 9.60. The third-order valence-electron chi connectivity index (χ3n) is 6.11. The van der Waals surface area contributed by atoms with Gasteiger partial charge in [0.2, 0.25) is 0 Å². The van der Waals surface area contributed by atoms with E-state index in [2.05, 4.69) is 52.9 Å². The van der Waals surface area contributed by atoms with Gasteiger partial charge in [0.15, 0.2) is 5.60 Å². The molecule has 0 aliphatic heterocycles. The maximum absolute atomic E-state index is 12.8. The summed E-state index contributed by atoms with van der Waals surface area (Å²) in [6.45, 7) is 0. The first-order valence-electron chi connectivity index (χ1n) is 10.5. The Kier molecular flexibility index (Phi) is 5.97. The van der Waals surface area contributed by atoms with Crippen molar-refractivity contribution in [2.45, 2.75) is 5.60 Å². The third kappa shape index (κ3) is 3.72. The molecule has 8 heteroatoms. The average Bonchev–Trinajstić information content (AvgIpc) is 3.38. The summed E-state index contributed by atoms with van der Waals surface area (Å²) in [5.74, 6) is 0. The number of H-pyrrole nitrogens is 1. The van der Waals surface area contributed by atoms with Crippen LogP contribution in [0.4, 0.5) is 0 Å². The van der Waals surface area contributed by atoms with Crippen molar-refractivity contribution in [1.29, 1.82) is 0 Å². The topological polar surface area (TPSA) is 72.8 Å². The normalized spacial score (nSPS) is 13.2. The van der Waals surface area contributed by atoms with Crippen LogP contribution in [0.15, 0.2) is 93.3 Å². The van der Waals surface area contributed by atoms with Crippen molar-refractivity contribution in [2.75, 3.05) is 7.11 Å². The van der Waals surface area contributed by atoms with E-state index in [4.69, 9.17) is 4.74 Å². The van der Waals surface area contributed by atoms with Gasteiger partial charge in [-0.25, -0.2) is 9.97 Å². The van der Waals surface area contributed by atoms with Crippen molar-refractivity contribution in [1.82, 2.24) is 19.5 Å². The van der Waals surface area contributed by atoms with E-state index >= 15 is 0 Å². The van der Waals surface area contributed by atoms with Gasteiger partial charge < -0.3 is 14.3 Å². The number of ether oxygens (including phenoxy) is 1. The summed E-state index contributed by atoms with van der Waals surface area (Å²) in [7, 11) is 3.47. The number of benzene rings is 2. The minimum Gasteiger partial charge on any atom is -0.362 e. The number of aromatic nitrogens is 4. The van der Waals surface area contributed by atoms with Crippen LogP contribution in [0.3, 0.4) is 0 Å². The number of rotatable bonds is 5. The number of nitrogens with one attached hydrogen (secondary N) is 1. The Morgan fingerprint density at radius 1 is 1.03 bits per heavy atom. The summed E-state index contributed by atoms with van der Waals surface area (Å²) in [5.41, 5.74) is 4.15. The standard InChI is InChI=1S/C26H20Br2N4O2/c1-32-22-7-6-18(12-21(22)20(13-25(32)33)16-8-9-30-24(28)10-16)26(34-2,23-14-29-15-31-23)17-4-3-5-19(27)11-17/h3-15H,1-2H3,(H,29,31). The second kappa shape index (κ2) is 8.94. The summed E-state index contributed by atoms with van der Waals surface area (Å²) in [5, 5.41) is 0.925. The summed E-state index contributed by atoms with van der Waals surface area (Å²) in [4.78, 5) is 24.5. The molecule has 0 aliphatic carbocycles. The number of methoxy groups -OCH3 is 1. The fourth-order valence-corrected chi connectivity index (χ4v) is 5.23. The maximum atomic E-state index is 12.8. The monoisotopic (exact) mass is 578 g/mol. The molecule has 1 atom stereocenters. The Balaban J connectivity index is 1.86. The van der Waals surface area contributed by atoms with E-state index in [1.807, 2.05) is 48.5 Å². The molecule has 0 bridgehead atoms. The lowest BCUT2D eigenvalue weighted by Crippen LogP contribution is -2.32. The highest BCUT2D eigenvalue weighted by molar-refractivity contribution is 9.10. The highest BCUT2D eigenvalue weighted by Gasteiger charge is 2.38. The molecule has 0 spiro atoms. The maximum Gasteiger partial charge on any atom is 0.251 e. The van der Waals surface area contributed by atoms with Gasteiger partial charge in [0.05, 0.1) is 23.7 Å². The van der Waals surface area contributed by atoms with E-state index in [1.54, 1.807) is 43.5 Å². The molecule has 0 aliphatic rings. The smallest absolute Gasteiger partial charge is 0.251 e. The molecule has 1 unspecified atom stereocenters. The number of hydrogen-bond donors (Lipinski definition) is 1. The molecule has 34 heavy (non-hydrogen) atoms. The molecular weight excluding hydrogens is 560 g/mol. The molecule has 1 N–H and O–H groups in total. The zero-order valence-electron chi connectivity index (χ0n) is 18.4. The van der Waals surface area contributed by atoms with Gasteiger partial charge in [-0.15, -0.1) is 0 Å². The summed E-state index contributed by atoms with van der Waals surface area (Å²) in [6, 6.07) is 19.6.